The van der Waals surface area contributed by atoms with Crippen molar-refractivity contribution < 1.29 is 4.74 Å². The molecule has 1 saturated heterocycles. The molecule has 1 unspecified atom stereocenters. The summed E-state index contributed by atoms with van der Waals surface area (Å²) < 4.78 is 5.70. The summed E-state index contributed by atoms with van der Waals surface area (Å²) in [5.74, 6) is 3.70. The Labute approximate surface area is 220 Å². The van der Waals surface area contributed by atoms with Gasteiger partial charge in [-0.25, -0.2) is 24.9 Å². The van der Waals surface area contributed by atoms with Crippen LogP contribution in [-0.4, -0.2) is 62.2 Å². The van der Waals surface area contributed by atoms with Gasteiger partial charge < -0.3 is 24.8 Å². The van der Waals surface area contributed by atoms with Crippen LogP contribution in [0.4, 0.5) is 23.3 Å². The van der Waals surface area contributed by atoms with Gasteiger partial charge in [0.2, 0.25) is 5.56 Å². The zero-order valence-electron chi connectivity index (χ0n) is 21.4. The molecule has 0 aromatic carbocycles. The van der Waals surface area contributed by atoms with E-state index in [4.69, 9.17) is 14.7 Å². The van der Waals surface area contributed by atoms with E-state index >= 15 is 0 Å². The van der Waals surface area contributed by atoms with Crippen molar-refractivity contribution in [3.8, 4) is 11.4 Å². The Morgan fingerprint density at radius 2 is 2.03 bits per heavy atom. The van der Waals surface area contributed by atoms with Crippen molar-refractivity contribution >= 4 is 23.3 Å². The third kappa shape index (κ3) is 4.92. The molecule has 6 heterocycles. The molecule has 0 saturated carbocycles. The maximum absolute atomic E-state index is 11.6. The number of rotatable bonds is 5. The third-order valence-electron chi connectivity index (χ3n) is 6.85. The molecule has 0 amide bonds. The van der Waals surface area contributed by atoms with Crippen LogP contribution in [0, 0.1) is 6.92 Å². The first kappa shape index (κ1) is 24.0. The van der Waals surface area contributed by atoms with Crippen LogP contribution < -0.4 is 20.7 Å². The Bertz CT molecular complexity index is 1510. The van der Waals surface area contributed by atoms with Crippen molar-refractivity contribution in [3.05, 3.63) is 76.2 Å². The fraction of sp³-hybridized carbons (Fsp3) is 0.333. The van der Waals surface area contributed by atoms with Crippen LogP contribution in [-0.2, 0) is 17.7 Å². The Hall–Kier alpha value is -4.38. The van der Waals surface area contributed by atoms with Crippen LogP contribution >= 0.6 is 0 Å². The van der Waals surface area contributed by atoms with Crippen molar-refractivity contribution in [2.75, 3.05) is 41.4 Å². The molecular weight excluding hydrogens is 482 g/mol. The van der Waals surface area contributed by atoms with E-state index in [-0.39, 0.29) is 11.6 Å². The lowest BCUT2D eigenvalue weighted by Crippen LogP contribution is -2.45. The molecular formula is C27H29N9O2. The minimum atomic E-state index is -0.176. The minimum absolute atomic E-state index is 0.176. The Balaban J connectivity index is 1.35. The summed E-state index contributed by atoms with van der Waals surface area (Å²) in [5, 5.41) is 3.12. The summed E-state index contributed by atoms with van der Waals surface area (Å²) in [6, 6.07) is 11.0. The number of anilines is 4. The molecule has 11 heteroatoms. The third-order valence-corrected chi connectivity index (χ3v) is 6.85. The molecule has 0 spiro atoms. The molecule has 4 aromatic rings. The van der Waals surface area contributed by atoms with Gasteiger partial charge in [-0.05, 0) is 38.5 Å². The smallest absolute Gasteiger partial charge is 0.249 e. The second-order valence-corrected chi connectivity index (χ2v) is 9.59. The zero-order chi connectivity index (χ0) is 26.1. The molecule has 2 N–H and O–H groups in total. The number of H-pyrrole nitrogens is 1. The van der Waals surface area contributed by atoms with Crippen molar-refractivity contribution in [2.45, 2.75) is 32.9 Å². The average molecular weight is 512 g/mol. The summed E-state index contributed by atoms with van der Waals surface area (Å²) >= 11 is 0. The number of hydrogen-bond acceptors (Lipinski definition) is 10. The number of morpholine rings is 1. The van der Waals surface area contributed by atoms with Gasteiger partial charge in [-0.2, -0.15) is 0 Å². The van der Waals surface area contributed by atoms with E-state index in [1.165, 1.54) is 11.6 Å². The van der Waals surface area contributed by atoms with Crippen LogP contribution in [0.2, 0.25) is 0 Å². The zero-order valence-corrected chi connectivity index (χ0v) is 21.4. The van der Waals surface area contributed by atoms with Crippen molar-refractivity contribution in [1.82, 2.24) is 29.9 Å². The van der Waals surface area contributed by atoms with Gasteiger partial charge in [0.05, 0.1) is 31.5 Å². The first-order chi connectivity index (χ1) is 18.5. The van der Waals surface area contributed by atoms with E-state index in [0.717, 1.165) is 48.1 Å². The van der Waals surface area contributed by atoms with Gasteiger partial charge in [0.25, 0.3) is 0 Å². The summed E-state index contributed by atoms with van der Waals surface area (Å²) in [5.41, 5.74) is 3.76. The van der Waals surface area contributed by atoms with Gasteiger partial charge in [0.15, 0.2) is 5.82 Å². The highest BCUT2D eigenvalue weighted by Gasteiger charge is 2.29. The SMILES string of the molecule is Cc1cc(N2CCc3c(nc(-c4ccc(Nc5cccc(=O)[nH]5)nc4)nc3N3CCOCC3C)C2)ncn1. The van der Waals surface area contributed by atoms with Crippen LogP contribution in [0.1, 0.15) is 23.9 Å². The molecule has 2 aliphatic heterocycles. The van der Waals surface area contributed by atoms with Crippen molar-refractivity contribution in [3.63, 3.8) is 0 Å². The molecule has 4 aromatic heterocycles. The van der Waals surface area contributed by atoms with Gasteiger partial charge >= 0.3 is 0 Å². The quantitative estimate of drug-likeness (QED) is 0.413. The lowest BCUT2D eigenvalue weighted by Gasteiger charge is -2.38. The number of nitrogens with zero attached hydrogens (tertiary/aromatic N) is 7. The van der Waals surface area contributed by atoms with E-state index in [9.17, 15) is 4.79 Å². The number of aromatic nitrogens is 6. The summed E-state index contributed by atoms with van der Waals surface area (Å²) in [4.78, 5) is 42.3. The fourth-order valence-corrected chi connectivity index (χ4v) is 4.89. The molecule has 11 nitrogen and oxygen atoms in total. The largest absolute Gasteiger partial charge is 0.377 e. The Kier molecular flexibility index (Phi) is 6.42. The maximum Gasteiger partial charge on any atom is 0.249 e. The molecule has 0 radical (unpaired) electrons. The number of pyridine rings is 2. The van der Waals surface area contributed by atoms with Crippen LogP contribution in [0.15, 0.2) is 53.7 Å². The number of aryl methyl sites for hydroxylation is 1. The second-order valence-electron chi connectivity index (χ2n) is 9.59. The summed E-state index contributed by atoms with van der Waals surface area (Å²) in [7, 11) is 0. The topological polar surface area (TPSA) is 125 Å². The van der Waals surface area contributed by atoms with Crippen molar-refractivity contribution in [2.24, 2.45) is 0 Å². The van der Waals surface area contributed by atoms with Crippen LogP contribution in [0.5, 0.6) is 0 Å². The van der Waals surface area contributed by atoms with Gasteiger partial charge in [0.1, 0.15) is 29.6 Å². The maximum atomic E-state index is 11.6. The Morgan fingerprint density at radius 1 is 1.11 bits per heavy atom. The normalized spacial score (nSPS) is 17.3. The van der Waals surface area contributed by atoms with Gasteiger partial charge in [-0.1, -0.05) is 6.07 Å². The summed E-state index contributed by atoms with van der Waals surface area (Å²) in [6.45, 7) is 7.75. The van der Waals surface area contributed by atoms with Gasteiger partial charge in [-0.15, -0.1) is 0 Å². The van der Waals surface area contributed by atoms with Gasteiger partial charge in [0, 0.05) is 48.2 Å². The van der Waals surface area contributed by atoms with E-state index < -0.39 is 0 Å². The van der Waals surface area contributed by atoms with E-state index in [1.807, 2.05) is 25.1 Å². The monoisotopic (exact) mass is 511 g/mol. The molecule has 6 rings (SSSR count). The predicted octanol–water partition coefficient (Wildman–Crippen LogP) is 2.86. The van der Waals surface area contributed by atoms with Crippen molar-refractivity contribution in [1.29, 1.82) is 0 Å². The number of nitrogens with one attached hydrogen (secondary N) is 2. The number of hydrogen-bond donors (Lipinski definition) is 2. The average Bonchev–Trinajstić information content (AvgIpc) is 2.93. The second kappa shape index (κ2) is 10.2. The molecule has 1 fully saturated rings. The highest BCUT2D eigenvalue weighted by atomic mass is 16.5. The highest BCUT2D eigenvalue weighted by Crippen LogP contribution is 2.32. The molecule has 1 atom stereocenters. The minimum Gasteiger partial charge on any atom is -0.377 e. The van der Waals surface area contributed by atoms with E-state index in [1.54, 1.807) is 24.7 Å². The molecule has 2 aliphatic rings. The van der Waals surface area contributed by atoms with E-state index in [2.05, 4.69) is 42.0 Å². The van der Waals surface area contributed by atoms with Gasteiger partial charge in [-0.3, -0.25) is 4.79 Å². The highest BCUT2D eigenvalue weighted by molar-refractivity contribution is 5.64. The molecule has 0 bridgehead atoms. The predicted molar refractivity (Wildman–Crippen MR) is 145 cm³/mol. The standard InChI is InChI=1S/C27H29N9O2/c1-17-12-24(30-16-29-17)35-9-8-20-21(14-35)31-26(34-27(20)36-10-11-38-15-18(36)2)19-6-7-22(28-13-19)32-23-4-3-5-25(37)33-23/h3-7,12-13,16,18H,8-11,14-15H2,1-2H3,(H2,28,32,33,37). The first-order valence-corrected chi connectivity index (χ1v) is 12.7. The number of aromatic amines is 1. The number of fused-ring (bicyclic) bond motifs is 1. The lowest BCUT2D eigenvalue weighted by atomic mass is 10.0. The first-order valence-electron chi connectivity index (χ1n) is 12.7. The lowest BCUT2D eigenvalue weighted by molar-refractivity contribution is 0.0984. The van der Waals surface area contributed by atoms with E-state index in [0.29, 0.717) is 37.2 Å². The molecule has 0 aliphatic carbocycles. The van der Waals surface area contributed by atoms with Crippen LogP contribution in [0.3, 0.4) is 0 Å². The molecule has 194 valence electrons. The number of ether oxygens (including phenoxy) is 1. The van der Waals surface area contributed by atoms with Crippen LogP contribution in [0.25, 0.3) is 11.4 Å². The Morgan fingerprint density at radius 3 is 2.82 bits per heavy atom. The summed E-state index contributed by atoms with van der Waals surface area (Å²) in [6.07, 6.45) is 4.19. The molecule has 38 heavy (non-hydrogen) atoms. The fourth-order valence-electron chi connectivity index (χ4n) is 4.89.